The molecule has 4 nitrogen and oxygen atoms in total. The minimum atomic E-state index is 0.00208. The molecule has 0 saturated heterocycles. The van der Waals surface area contributed by atoms with Gasteiger partial charge in [-0.1, -0.05) is 12.1 Å². The monoisotopic (exact) mass is 219 g/mol. The molecule has 1 heterocycles. The predicted octanol–water partition coefficient (Wildman–Crippen LogP) is 1.17. The first kappa shape index (κ1) is 11.0. The van der Waals surface area contributed by atoms with E-state index in [1.807, 2.05) is 32.0 Å². The Morgan fingerprint density at radius 2 is 2.12 bits per heavy atom. The highest BCUT2D eigenvalue weighted by Crippen LogP contribution is 2.19. The maximum atomic E-state index is 12.1. The van der Waals surface area contributed by atoms with Crippen molar-refractivity contribution in [1.29, 1.82) is 0 Å². The van der Waals surface area contributed by atoms with Crippen LogP contribution in [-0.4, -0.2) is 15.7 Å². The lowest BCUT2D eigenvalue weighted by atomic mass is 10.2. The fourth-order valence-electron chi connectivity index (χ4n) is 2.10. The van der Waals surface area contributed by atoms with E-state index >= 15 is 0 Å². The number of hydrogen-bond acceptors (Lipinski definition) is 2. The van der Waals surface area contributed by atoms with E-state index in [0.29, 0.717) is 6.54 Å². The predicted molar refractivity (Wildman–Crippen MR) is 65.7 cm³/mol. The number of nitrogens with two attached hydrogens (primary N) is 1. The van der Waals surface area contributed by atoms with Crippen molar-refractivity contribution in [3.05, 3.63) is 34.2 Å². The van der Waals surface area contributed by atoms with Gasteiger partial charge in [0.25, 0.3) is 0 Å². The highest BCUT2D eigenvalue weighted by molar-refractivity contribution is 5.79. The van der Waals surface area contributed by atoms with Gasteiger partial charge in [-0.25, -0.2) is 4.79 Å². The Morgan fingerprint density at radius 1 is 1.44 bits per heavy atom. The Morgan fingerprint density at radius 3 is 2.75 bits per heavy atom. The molecule has 1 aromatic carbocycles. The number of para-hydroxylation sites is 1. The Bertz CT molecular complexity index is 580. The average Bonchev–Trinajstić information content (AvgIpc) is 2.54. The number of nitrogens with zero attached hydrogens (tertiary/aromatic N) is 2. The van der Waals surface area contributed by atoms with E-state index in [9.17, 15) is 4.79 Å². The van der Waals surface area contributed by atoms with Crippen LogP contribution in [0.4, 0.5) is 0 Å². The molecule has 0 aliphatic heterocycles. The molecule has 0 aliphatic rings. The van der Waals surface area contributed by atoms with E-state index in [-0.39, 0.29) is 11.7 Å². The first-order valence-electron chi connectivity index (χ1n) is 5.44. The van der Waals surface area contributed by atoms with Gasteiger partial charge in [-0.3, -0.25) is 9.13 Å². The van der Waals surface area contributed by atoms with Crippen LogP contribution in [0.25, 0.3) is 11.0 Å². The van der Waals surface area contributed by atoms with Gasteiger partial charge in [-0.05, 0) is 25.5 Å². The van der Waals surface area contributed by atoms with Crippen LogP contribution in [0, 0.1) is 6.92 Å². The van der Waals surface area contributed by atoms with Gasteiger partial charge in [-0.15, -0.1) is 0 Å². The van der Waals surface area contributed by atoms with Crippen LogP contribution in [0.15, 0.2) is 23.0 Å². The molecule has 0 fully saturated rings. The summed E-state index contributed by atoms with van der Waals surface area (Å²) in [6.07, 6.45) is 0. The summed E-state index contributed by atoms with van der Waals surface area (Å²) in [6.45, 7) is 4.45. The third-order valence-corrected chi connectivity index (χ3v) is 3.09. The van der Waals surface area contributed by atoms with Crippen molar-refractivity contribution in [1.82, 2.24) is 9.13 Å². The highest BCUT2D eigenvalue weighted by Gasteiger charge is 2.15. The number of imidazole rings is 1. The lowest BCUT2D eigenvalue weighted by Crippen LogP contribution is -2.28. The topological polar surface area (TPSA) is 52.9 Å². The molecule has 0 bridgehead atoms. The standard InChI is InChI=1S/C12H17N3O/c1-8-5-4-6-10-11(8)15(9(2)7-13)12(16)14(10)3/h4-6,9H,7,13H2,1-3H3. The van der Waals surface area contributed by atoms with Crippen LogP contribution in [-0.2, 0) is 7.05 Å². The Labute approximate surface area is 94.3 Å². The van der Waals surface area contributed by atoms with Gasteiger partial charge in [0.2, 0.25) is 0 Å². The quantitative estimate of drug-likeness (QED) is 0.824. The summed E-state index contributed by atoms with van der Waals surface area (Å²) < 4.78 is 3.46. The van der Waals surface area contributed by atoms with E-state index in [2.05, 4.69) is 0 Å². The molecule has 4 heteroatoms. The Hall–Kier alpha value is -1.55. The highest BCUT2D eigenvalue weighted by atomic mass is 16.1. The summed E-state index contributed by atoms with van der Waals surface area (Å²) >= 11 is 0. The summed E-state index contributed by atoms with van der Waals surface area (Å²) in [7, 11) is 1.80. The molecule has 0 saturated carbocycles. The Balaban J connectivity index is 2.92. The molecule has 2 aromatic rings. The van der Waals surface area contributed by atoms with Crippen molar-refractivity contribution >= 4 is 11.0 Å². The molecule has 1 aromatic heterocycles. The number of hydrogen-bond donors (Lipinski definition) is 1. The number of aromatic nitrogens is 2. The van der Waals surface area contributed by atoms with Crippen LogP contribution in [0.5, 0.6) is 0 Å². The van der Waals surface area contributed by atoms with E-state index in [1.54, 1.807) is 16.2 Å². The second kappa shape index (κ2) is 3.79. The maximum absolute atomic E-state index is 12.1. The van der Waals surface area contributed by atoms with Crippen molar-refractivity contribution in [2.24, 2.45) is 12.8 Å². The zero-order valence-electron chi connectivity index (χ0n) is 9.90. The second-order valence-corrected chi connectivity index (χ2v) is 4.24. The molecule has 0 radical (unpaired) electrons. The lowest BCUT2D eigenvalue weighted by molar-refractivity contribution is 0.545. The van der Waals surface area contributed by atoms with Gasteiger partial charge < -0.3 is 5.73 Å². The molecule has 86 valence electrons. The molecule has 0 spiro atoms. The minimum absolute atomic E-state index is 0.00208. The fraction of sp³-hybridized carbons (Fsp3) is 0.417. The molecule has 2 rings (SSSR count). The van der Waals surface area contributed by atoms with Crippen LogP contribution >= 0.6 is 0 Å². The molecule has 2 N–H and O–H groups in total. The Kier molecular flexibility index (Phi) is 2.59. The van der Waals surface area contributed by atoms with Crippen molar-refractivity contribution in [2.75, 3.05) is 6.54 Å². The van der Waals surface area contributed by atoms with Gasteiger partial charge in [-0.2, -0.15) is 0 Å². The van der Waals surface area contributed by atoms with Gasteiger partial charge >= 0.3 is 5.69 Å². The SMILES string of the molecule is Cc1cccc2c1n(C(C)CN)c(=O)n2C. The number of aryl methyl sites for hydroxylation is 2. The summed E-state index contributed by atoms with van der Waals surface area (Å²) in [6, 6.07) is 5.97. The molecular weight excluding hydrogens is 202 g/mol. The molecule has 0 amide bonds. The molecule has 1 unspecified atom stereocenters. The number of rotatable bonds is 2. The average molecular weight is 219 g/mol. The first-order chi connectivity index (χ1) is 7.57. The van der Waals surface area contributed by atoms with Crippen LogP contribution in [0.1, 0.15) is 18.5 Å². The smallest absolute Gasteiger partial charge is 0.328 e. The molecule has 1 atom stereocenters. The third kappa shape index (κ3) is 1.38. The van der Waals surface area contributed by atoms with Gasteiger partial charge in [0, 0.05) is 19.6 Å². The van der Waals surface area contributed by atoms with Crippen molar-refractivity contribution in [3.8, 4) is 0 Å². The van der Waals surface area contributed by atoms with E-state index < -0.39 is 0 Å². The fourth-order valence-corrected chi connectivity index (χ4v) is 2.10. The maximum Gasteiger partial charge on any atom is 0.329 e. The number of fused-ring (bicyclic) bond motifs is 1. The zero-order valence-corrected chi connectivity index (χ0v) is 9.90. The summed E-state index contributed by atoms with van der Waals surface area (Å²) in [5, 5.41) is 0. The lowest BCUT2D eigenvalue weighted by Gasteiger charge is -2.11. The van der Waals surface area contributed by atoms with Crippen LogP contribution in [0.3, 0.4) is 0 Å². The first-order valence-corrected chi connectivity index (χ1v) is 5.44. The van der Waals surface area contributed by atoms with Crippen LogP contribution in [0.2, 0.25) is 0 Å². The van der Waals surface area contributed by atoms with Gasteiger partial charge in [0.05, 0.1) is 11.0 Å². The largest absolute Gasteiger partial charge is 0.329 e. The van der Waals surface area contributed by atoms with E-state index in [1.165, 1.54) is 0 Å². The second-order valence-electron chi connectivity index (χ2n) is 4.24. The number of benzene rings is 1. The zero-order chi connectivity index (χ0) is 11.9. The summed E-state index contributed by atoms with van der Waals surface area (Å²) in [5.74, 6) is 0. The normalized spacial score (nSPS) is 13.2. The minimum Gasteiger partial charge on any atom is -0.328 e. The molecular formula is C12H17N3O. The summed E-state index contributed by atoms with van der Waals surface area (Å²) in [4.78, 5) is 12.1. The van der Waals surface area contributed by atoms with Crippen molar-refractivity contribution in [3.63, 3.8) is 0 Å². The third-order valence-electron chi connectivity index (χ3n) is 3.09. The van der Waals surface area contributed by atoms with Crippen molar-refractivity contribution < 1.29 is 0 Å². The molecule has 0 aliphatic carbocycles. The van der Waals surface area contributed by atoms with Gasteiger partial charge in [0.15, 0.2) is 0 Å². The molecule has 16 heavy (non-hydrogen) atoms. The van der Waals surface area contributed by atoms with E-state index in [4.69, 9.17) is 5.73 Å². The summed E-state index contributed by atoms with van der Waals surface area (Å²) in [5.41, 5.74) is 8.72. The van der Waals surface area contributed by atoms with Crippen molar-refractivity contribution in [2.45, 2.75) is 19.9 Å². The van der Waals surface area contributed by atoms with Gasteiger partial charge in [0.1, 0.15) is 0 Å². The van der Waals surface area contributed by atoms with Crippen LogP contribution < -0.4 is 11.4 Å². The van der Waals surface area contributed by atoms with E-state index in [0.717, 1.165) is 16.6 Å².